The molecule has 1 heterocycles. The van der Waals surface area contributed by atoms with Crippen molar-refractivity contribution in [3.63, 3.8) is 0 Å². The highest BCUT2D eigenvalue weighted by Crippen LogP contribution is 2.32. The topological polar surface area (TPSA) is 38.1 Å². The van der Waals surface area contributed by atoms with E-state index in [1.807, 2.05) is 56.0 Å². The van der Waals surface area contributed by atoms with Crippen molar-refractivity contribution in [1.82, 2.24) is 14.7 Å². The molecule has 2 aromatic rings. The Morgan fingerprint density at radius 2 is 2.00 bits per heavy atom. The minimum absolute atomic E-state index is 0.00399. The largest absolute Gasteiger partial charge is 0.333 e. The van der Waals surface area contributed by atoms with Gasteiger partial charge in [-0.15, -0.1) is 0 Å². The Labute approximate surface area is 142 Å². The Bertz CT molecular complexity index is 703. The summed E-state index contributed by atoms with van der Waals surface area (Å²) in [6.07, 6.45) is 2.16. The number of carbonyl (C=O) groups is 1. The highest BCUT2D eigenvalue weighted by atomic mass is 35.5. The molecule has 0 aliphatic heterocycles. The molecule has 0 radical (unpaired) electrons. The normalized spacial score (nSPS) is 14.3. The van der Waals surface area contributed by atoms with Crippen molar-refractivity contribution in [1.29, 1.82) is 0 Å². The third-order valence-corrected chi connectivity index (χ3v) is 4.57. The Hall–Kier alpha value is -1.81. The molecule has 3 rings (SSSR count). The van der Waals surface area contributed by atoms with Gasteiger partial charge >= 0.3 is 0 Å². The fourth-order valence-corrected chi connectivity index (χ4v) is 3.28. The summed E-state index contributed by atoms with van der Waals surface area (Å²) in [6.45, 7) is 6.52. The van der Waals surface area contributed by atoms with Gasteiger partial charge in [-0.1, -0.05) is 41.9 Å². The van der Waals surface area contributed by atoms with Gasteiger partial charge in [0.05, 0.1) is 17.8 Å². The molecular weight excluding hydrogens is 310 g/mol. The molecule has 1 aliphatic rings. The molecule has 1 aromatic carbocycles. The van der Waals surface area contributed by atoms with Gasteiger partial charge in [0.2, 0.25) is 0 Å². The molecule has 0 saturated heterocycles. The molecule has 122 valence electrons. The van der Waals surface area contributed by atoms with E-state index in [1.165, 1.54) is 0 Å². The monoisotopic (exact) mass is 331 g/mol. The van der Waals surface area contributed by atoms with E-state index in [1.54, 1.807) is 4.68 Å². The maximum Gasteiger partial charge on any atom is 0.259 e. The number of nitrogens with zero attached hydrogens (tertiary/aromatic N) is 3. The number of benzene rings is 1. The molecule has 0 atom stereocenters. The summed E-state index contributed by atoms with van der Waals surface area (Å²) in [4.78, 5) is 14.9. The van der Waals surface area contributed by atoms with Crippen LogP contribution in [0.3, 0.4) is 0 Å². The van der Waals surface area contributed by atoms with Gasteiger partial charge in [-0.2, -0.15) is 5.10 Å². The van der Waals surface area contributed by atoms with Crippen LogP contribution in [-0.2, 0) is 6.54 Å². The van der Waals surface area contributed by atoms with Crippen molar-refractivity contribution in [2.75, 3.05) is 0 Å². The van der Waals surface area contributed by atoms with Gasteiger partial charge in [-0.25, -0.2) is 4.68 Å². The lowest BCUT2D eigenvalue weighted by Crippen LogP contribution is -2.39. The van der Waals surface area contributed by atoms with Gasteiger partial charge < -0.3 is 4.90 Å². The number of aryl methyl sites for hydroxylation is 1. The number of halogens is 1. The van der Waals surface area contributed by atoms with Crippen LogP contribution in [0, 0.1) is 6.92 Å². The van der Waals surface area contributed by atoms with Crippen molar-refractivity contribution in [3.8, 4) is 0 Å². The average molecular weight is 332 g/mol. The molecule has 4 nitrogen and oxygen atoms in total. The van der Waals surface area contributed by atoms with Crippen LogP contribution in [0.2, 0.25) is 5.15 Å². The zero-order valence-corrected chi connectivity index (χ0v) is 14.5. The molecule has 1 aliphatic carbocycles. The fraction of sp³-hybridized carbons (Fsp3) is 0.444. The summed E-state index contributed by atoms with van der Waals surface area (Å²) >= 11 is 6.50. The highest BCUT2D eigenvalue weighted by Gasteiger charge is 2.37. The zero-order valence-electron chi connectivity index (χ0n) is 13.8. The highest BCUT2D eigenvalue weighted by molar-refractivity contribution is 6.33. The van der Waals surface area contributed by atoms with Crippen molar-refractivity contribution >= 4 is 17.5 Å². The lowest BCUT2D eigenvalue weighted by atomic mass is 10.2. The van der Waals surface area contributed by atoms with Crippen LogP contribution < -0.4 is 0 Å². The summed E-state index contributed by atoms with van der Waals surface area (Å²) < 4.78 is 1.71. The minimum atomic E-state index is 0.00399. The molecule has 0 bridgehead atoms. The maximum absolute atomic E-state index is 13.0. The van der Waals surface area contributed by atoms with Crippen LogP contribution in [0.4, 0.5) is 0 Å². The number of carbonyl (C=O) groups excluding carboxylic acids is 1. The molecule has 1 amide bonds. The first-order chi connectivity index (χ1) is 11.0. The SMILES string of the molecule is Cc1nn(Cc2ccccc2)c(Cl)c1C(=O)N(C(C)C)C1CC1. The summed E-state index contributed by atoms with van der Waals surface area (Å²) in [6, 6.07) is 10.5. The van der Waals surface area contributed by atoms with Gasteiger partial charge in [0.15, 0.2) is 0 Å². The van der Waals surface area contributed by atoms with E-state index < -0.39 is 0 Å². The van der Waals surface area contributed by atoms with Gasteiger partial charge in [-0.3, -0.25) is 4.79 Å². The Balaban J connectivity index is 1.89. The fourth-order valence-electron chi connectivity index (χ4n) is 2.96. The van der Waals surface area contributed by atoms with E-state index in [4.69, 9.17) is 11.6 Å². The van der Waals surface area contributed by atoms with Crippen LogP contribution in [0.5, 0.6) is 0 Å². The molecular formula is C18H22ClN3O. The van der Waals surface area contributed by atoms with Gasteiger partial charge in [-0.05, 0) is 39.2 Å². The molecule has 5 heteroatoms. The van der Waals surface area contributed by atoms with Crippen LogP contribution in [-0.4, -0.2) is 32.7 Å². The second-order valence-electron chi connectivity index (χ2n) is 6.43. The van der Waals surface area contributed by atoms with E-state index in [0.717, 1.165) is 18.4 Å². The molecule has 0 unspecified atom stereocenters. The Kier molecular flexibility index (Phi) is 4.44. The first-order valence-corrected chi connectivity index (χ1v) is 8.46. The summed E-state index contributed by atoms with van der Waals surface area (Å²) in [5.41, 5.74) is 2.35. The second-order valence-corrected chi connectivity index (χ2v) is 6.79. The van der Waals surface area contributed by atoms with E-state index >= 15 is 0 Å². The summed E-state index contributed by atoms with van der Waals surface area (Å²) in [7, 11) is 0. The standard InChI is InChI=1S/C18H22ClN3O/c1-12(2)22(15-9-10-15)18(23)16-13(3)20-21(17(16)19)11-14-7-5-4-6-8-14/h4-8,12,15H,9-11H2,1-3H3. The molecule has 0 spiro atoms. The van der Waals surface area contributed by atoms with Crippen LogP contribution in [0.1, 0.15) is 48.3 Å². The zero-order chi connectivity index (χ0) is 16.6. The number of amides is 1. The van der Waals surface area contributed by atoms with Crippen LogP contribution >= 0.6 is 11.6 Å². The predicted molar refractivity (Wildman–Crippen MR) is 91.8 cm³/mol. The van der Waals surface area contributed by atoms with E-state index in [-0.39, 0.29) is 11.9 Å². The number of hydrogen-bond donors (Lipinski definition) is 0. The van der Waals surface area contributed by atoms with Crippen molar-refractivity contribution in [2.24, 2.45) is 0 Å². The predicted octanol–water partition coefficient (Wildman–Crippen LogP) is 3.91. The number of hydrogen-bond acceptors (Lipinski definition) is 2. The Morgan fingerprint density at radius 3 is 2.57 bits per heavy atom. The van der Waals surface area contributed by atoms with Crippen molar-refractivity contribution < 1.29 is 4.79 Å². The second kappa shape index (κ2) is 6.36. The van der Waals surface area contributed by atoms with E-state index in [9.17, 15) is 4.79 Å². The lowest BCUT2D eigenvalue weighted by molar-refractivity contribution is 0.0689. The number of rotatable bonds is 5. The van der Waals surface area contributed by atoms with Gasteiger partial charge in [0, 0.05) is 12.1 Å². The lowest BCUT2D eigenvalue weighted by Gasteiger charge is -2.26. The molecule has 23 heavy (non-hydrogen) atoms. The van der Waals surface area contributed by atoms with Crippen molar-refractivity contribution in [2.45, 2.75) is 52.2 Å². The summed E-state index contributed by atoms with van der Waals surface area (Å²) in [5, 5.41) is 4.92. The molecule has 1 saturated carbocycles. The quantitative estimate of drug-likeness (QED) is 0.833. The molecule has 1 fully saturated rings. The number of aromatic nitrogens is 2. The van der Waals surface area contributed by atoms with Crippen LogP contribution in [0.15, 0.2) is 30.3 Å². The molecule has 1 aromatic heterocycles. The minimum Gasteiger partial charge on any atom is -0.333 e. The first kappa shape index (κ1) is 16.1. The van der Waals surface area contributed by atoms with Gasteiger partial charge in [0.1, 0.15) is 5.15 Å². The third kappa shape index (κ3) is 3.27. The van der Waals surface area contributed by atoms with E-state index in [0.29, 0.717) is 29.0 Å². The molecule has 0 N–H and O–H groups in total. The van der Waals surface area contributed by atoms with E-state index in [2.05, 4.69) is 5.10 Å². The smallest absolute Gasteiger partial charge is 0.259 e. The van der Waals surface area contributed by atoms with Gasteiger partial charge in [0.25, 0.3) is 5.91 Å². The maximum atomic E-state index is 13.0. The third-order valence-electron chi connectivity index (χ3n) is 4.19. The average Bonchev–Trinajstić information content (AvgIpc) is 3.27. The first-order valence-electron chi connectivity index (χ1n) is 8.08. The summed E-state index contributed by atoms with van der Waals surface area (Å²) in [5.74, 6) is 0.00399. The van der Waals surface area contributed by atoms with Crippen LogP contribution in [0.25, 0.3) is 0 Å². The Morgan fingerprint density at radius 1 is 1.35 bits per heavy atom. The van der Waals surface area contributed by atoms with Crippen molar-refractivity contribution in [3.05, 3.63) is 52.3 Å².